The van der Waals surface area contributed by atoms with Gasteiger partial charge < -0.3 is 9.64 Å². The van der Waals surface area contributed by atoms with Gasteiger partial charge in [-0.2, -0.15) is 0 Å². The molecule has 0 bridgehead atoms. The number of amides is 1. The Morgan fingerprint density at radius 2 is 1.77 bits per heavy atom. The minimum atomic E-state index is -0.0467. The molecule has 158 valence electrons. The lowest BCUT2D eigenvalue weighted by Gasteiger charge is -2.37. The molecule has 2 aromatic rings. The van der Waals surface area contributed by atoms with E-state index < -0.39 is 0 Å². The number of benzene rings is 2. The first-order valence-corrected chi connectivity index (χ1v) is 11.4. The van der Waals surface area contributed by atoms with Crippen LogP contribution in [-0.2, 0) is 11.2 Å². The van der Waals surface area contributed by atoms with Gasteiger partial charge in [-0.1, -0.05) is 42.5 Å². The first-order chi connectivity index (χ1) is 14.8. The Labute approximate surface area is 179 Å². The van der Waals surface area contributed by atoms with E-state index >= 15 is 0 Å². The van der Waals surface area contributed by atoms with Crippen molar-refractivity contribution in [3.63, 3.8) is 0 Å². The average Bonchev–Trinajstić information content (AvgIpc) is 3.09. The number of rotatable bonds is 6. The van der Waals surface area contributed by atoms with Crippen molar-refractivity contribution in [2.24, 2.45) is 0 Å². The van der Waals surface area contributed by atoms with E-state index in [1.54, 1.807) is 0 Å². The molecule has 0 saturated carbocycles. The highest BCUT2D eigenvalue weighted by Gasteiger charge is 2.41. The van der Waals surface area contributed by atoms with E-state index in [4.69, 9.17) is 4.74 Å². The summed E-state index contributed by atoms with van der Waals surface area (Å²) >= 11 is 0. The van der Waals surface area contributed by atoms with Crippen LogP contribution in [0, 0.1) is 0 Å². The second-order valence-electron chi connectivity index (χ2n) is 8.57. The summed E-state index contributed by atoms with van der Waals surface area (Å²) in [6.45, 7) is 5.70. The van der Waals surface area contributed by atoms with Crippen molar-refractivity contribution in [3.05, 3.63) is 70.8 Å². The molecule has 2 atom stereocenters. The number of carbonyl (C=O) groups is 1. The Morgan fingerprint density at radius 1 is 1.00 bits per heavy atom. The SMILES string of the molecule is O=C1c2ccccc2[C@@H](NCCCN2CCOCC2)N1[C@H]1CCCc2ccccc21. The van der Waals surface area contributed by atoms with Crippen molar-refractivity contribution in [1.82, 2.24) is 15.1 Å². The molecule has 5 heteroatoms. The van der Waals surface area contributed by atoms with Crippen LogP contribution in [-0.4, -0.2) is 55.1 Å². The summed E-state index contributed by atoms with van der Waals surface area (Å²) in [6, 6.07) is 16.9. The smallest absolute Gasteiger partial charge is 0.256 e. The highest BCUT2D eigenvalue weighted by atomic mass is 16.5. The third-order valence-electron chi connectivity index (χ3n) is 6.76. The van der Waals surface area contributed by atoms with Crippen LogP contribution in [0.3, 0.4) is 0 Å². The number of ether oxygens (including phenoxy) is 1. The van der Waals surface area contributed by atoms with Crippen molar-refractivity contribution in [2.45, 2.75) is 37.9 Å². The van der Waals surface area contributed by atoms with Gasteiger partial charge in [-0.25, -0.2) is 0 Å². The number of hydrogen-bond donors (Lipinski definition) is 1. The van der Waals surface area contributed by atoms with E-state index in [1.807, 2.05) is 18.2 Å². The van der Waals surface area contributed by atoms with Gasteiger partial charge in [-0.15, -0.1) is 0 Å². The van der Waals surface area contributed by atoms with Crippen LogP contribution in [0.25, 0.3) is 0 Å². The Morgan fingerprint density at radius 3 is 2.63 bits per heavy atom. The number of aryl methyl sites for hydroxylation is 1. The number of hydrogen-bond acceptors (Lipinski definition) is 4. The molecule has 0 spiro atoms. The molecule has 2 aliphatic heterocycles. The Bertz CT molecular complexity index is 893. The van der Waals surface area contributed by atoms with Crippen molar-refractivity contribution >= 4 is 5.91 Å². The Hall–Kier alpha value is -2.21. The van der Waals surface area contributed by atoms with Crippen molar-refractivity contribution in [3.8, 4) is 0 Å². The molecule has 2 aromatic carbocycles. The molecule has 2 heterocycles. The van der Waals surface area contributed by atoms with Crippen LogP contribution >= 0.6 is 0 Å². The fraction of sp³-hybridized carbons (Fsp3) is 0.480. The van der Waals surface area contributed by atoms with Crippen molar-refractivity contribution in [1.29, 1.82) is 0 Å². The van der Waals surface area contributed by atoms with Crippen LogP contribution < -0.4 is 5.32 Å². The summed E-state index contributed by atoms with van der Waals surface area (Å²) < 4.78 is 5.45. The van der Waals surface area contributed by atoms with Crippen LogP contribution in [0.2, 0.25) is 0 Å². The lowest BCUT2D eigenvalue weighted by Crippen LogP contribution is -2.42. The lowest BCUT2D eigenvalue weighted by atomic mass is 9.86. The van der Waals surface area contributed by atoms with Gasteiger partial charge in [0.1, 0.15) is 6.17 Å². The van der Waals surface area contributed by atoms with Crippen LogP contribution in [0.15, 0.2) is 48.5 Å². The Kier molecular flexibility index (Phi) is 5.84. The molecule has 1 amide bonds. The first-order valence-electron chi connectivity index (χ1n) is 11.4. The van der Waals surface area contributed by atoms with Gasteiger partial charge in [0, 0.05) is 24.2 Å². The lowest BCUT2D eigenvalue weighted by molar-refractivity contribution is 0.0365. The van der Waals surface area contributed by atoms with Crippen molar-refractivity contribution < 1.29 is 9.53 Å². The maximum absolute atomic E-state index is 13.5. The van der Waals surface area contributed by atoms with Crippen molar-refractivity contribution in [2.75, 3.05) is 39.4 Å². The summed E-state index contributed by atoms with van der Waals surface area (Å²) in [7, 11) is 0. The van der Waals surface area contributed by atoms with Gasteiger partial charge in [-0.3, -0.25) is 15.0 Å². The molecule has 1 N–H and O–H groups in total. The zero-order valence-electron chi connectivity index (χ0n) is 17.6. The first kappa shape index (κ1) is 19.7. The van der Waals surface area contributed by atoms with Gasteiger partial charge in [-0.05, 0) is 56.0 Å². The summed E-state index contributed by atoms with van der Waals surface area (Å²) in [5.74, 6) is 0.165. The average molecular weight is 406 g/mol. The quantitative estimate of drug-likeness (QED) is 0.747. The second kappa shape index (κ2) is 8.88. The molecule has 3 aliphatic rings. The molecule has 1 fully saturated rings. The van der Waals surface area contributed by atoms with Gasteiger partial charge in [0.15, 0.2) is 0 Å². The normalized spacial score (nSPS) is 24.0. The van der Waals surface area contributed by atoms with E-state index in [1.165, 1.54) is 11.1 Å². The van der Waals surface area contributed by atoms with E-state index in [9.17, 15) is 4.79 Å². The molecular weight excluding hydrogens is 374 g/mol. The molecule has 1 saturated heterocycles. The second-order valence-corrected chi connectivity index (χ2v) is 8.57. The third kappa shape index (κ3) is 3.78. The maximum atomic E-state index is 13.5. The molecule has 5 nitrogen and oxygen atoms in total. The predicted molar refractivity (Wildman–Crippen MR) is 117 cm³/mol. The van der Waals surface area contributed by atoms with E-state index in [2.05, 4.69) is 45.4 Å². The fourth-order valence-electron chi connectivity index (χ4n) is 5.25. The number of nitrogens with one attached hydrogen (secondary N) is 1. The fourth-order valence-corrected chi connectivity index (χ4v) is 5.25. The predicted octanol–water partition coefficient (Wildman–Crippen LogP) is 3.53. The monoisotopic (exact) mass is 405 g/mol. The number of fused-ring (bicyclic) bond motifs is 2. The molecule has 0 unspecified atom stereocenters. The number of carbonyl (C=O) groups excluding carboxylic acids is 1. The maximum Gasteiger partial charge on any atom is 0.256 e. The molecule has 0 aromatic heterocycles. The molecular formula is C25H31N3O2. The zero-order valence-corrected chi connectivity index (χ0v) is 17.6. The van der Waals surface area contributed by atoms with Gasteiger partial charge in [0.05, 0.1) is 19.3 Å². The van der Waals surface area contributed by atoms with Crippen LogP contribution in [0.1, 0.15) is 58.5 Å². The standard InChI is InChI=1S/C25H31N3O2/c29-25-22-11-4-3-10-21(22)24(26-13-6-14-27-15-17-30-18-16-27)28(25)23-12-5-8-19-7-1-2-9-20(19)23/h1-4,7,9-11,23-24,26H,5-6,8,12-18H2/t23-,24-/m0/s1. The van der Waals surface area contributed by atoms with E-state index in [-0.39, 0.29) is 18.1 Å². The number of nitrogens with zero attached hydrogens (tertiary/aromatic N) is 2. The summed E-state index contributed by atoms with van der Waals surface area (Å²) in [5.41, 5.74) is 4.69. The topological polar surface area (TPSA) is 44.8 Å². The minimum absolute atomic E-state index is 0.0467. The molecule has 0 radical (unpaired) electrons. The van der Waals surface area contributed by atoms with Crippen LogP contribution in [0.4, 0.5) is 0 Å². The van der Waals surface area contributed by atoms with Gasteiger partial charge >= 0.3 is 0 Å². The molecule has 5 rings (SSSR count). The van der Waals surface area contributed by atoms with Gasteiger partial charge in [0.25, 0.3) is 5.91 Å². The minimum Gasteiger partial charge on any atom is -0.379 e. The summed E-state index contributed by atoms with van der Waals surface area (Å²) in [4.78, 5) is 18.0. The van der Waals surface area contributed by atoms with E-state index in [0.717, 1.165) is 76.2 Å². The van der Waals surface area contributed by atoms with Crippen LogP contribution in [0.5, 0.6) is 0 Å². The largest absolute Gasteiger partial charge is 0.379 e. The highest BCUT2D eigenvalue weighted by molar-refractivity contribution is 5.99. The van der Waals surface area contributed by atoms with E-state index in [0.29, 0.717) is 0 Å². The molecule has 30 heavy (non-hydrogen) atoms. The summed E-state index contributed by atoms with van der Waals surface area (Å²) in [6.07, 6.45) is 4.30. The highest BCUT2D eigenvalue weighted by Crippen LogP contribution is 2.43. The zero-order chi connectivity index (χ0) is 20.3. The summed E-state index contributed by atoms with van der Waals surface area (Å²) in [5, 5.41) is 3.73. The van der Waals surface area contributed by atoms with Gasteiger partial charge in [0.2, 0.25) is 0 Å². The Balaban J connectivity index is 1.34. The number of morpholine rings is 1. The molecule has 1 aliphatic carbocycles. The third-order valence-corrected chi connectivity index (χ3v) is 6.76.